The second-order valence-electron chi connectivity index (χ2n) is 8.20. The van der Waals surface area contributed by atoms with Crippen LogP contribution in [-0.4, -0.2) is 56.8 Å². The topological polar surface area (TPSA) is 63.2 Å². The first-order chi connectivity index (χ1) is 17.5. The van der Waals surface area contributed by atoms with E-state index in [1.807, 2.05) is 57.2 Å². The molecule has 0 saturated carbocycles. The van der Waals surface area contributed by atoms with E-state index in [0.717, 1.165) is 23.2 Å². The molecule has 8 heteroatoms. The molecular formula is C28H46O6Si2. The van der Waals surface area contributed by atoms with Gasteiger partial charge >= 0.3 is 17.4 Å². The minimum Gasteiger partial charge on any atom is -0.391 e. The van der Waals surface area contributed by atoms with E-state index >= 15 is 0 Å². The van der Waals surface area contributed by atoms with Crippen molar-refractivity contribution in [1.82, 2.24) is 0 Å². The van der Waals surface area contributed by atoms with Crippen molar-refractivity contribution in [3.63, 3.8) is 0 Å². The molecule has 0 aromatic heterocycles. The number of hydrogen-bond donors (Lipinski definition) is 0. The van der Waals surface area contributed by atoms with Gasteiger partial charge in [-0.25, -0.2) is 0 Å². The average Bonchev–Trinajstić information content (AvgIpc) is 2.91. The fourth-order valence-electron chi connectivity index (χ4n) is 4.02. The molecule has 6 nitrogen and oxygen atoms in total. The van der Waals surface area contributed by atoms with Crippen LogP contribution in [0.2, 0.25) is 0 Å². The Bertz CT molecular complexity index is 757. The van der Waals surface area contributed by atoms with Gasteiger partial charge < -0.3 is 22.1 Å². The highest BCUT2D eigenvalue weighted by Gasteiger charge is 2.48. The lowest BCUT2D eigenvalue weighted by Gasteiger charge is -2.27. The van der Waals surface area contributed by atoms with Gasteiger partial charge in [0.25, 0.3) is 0 Å². The number of unbranched alkanes of at least 4 members (excludes halogenated alkanes) is 4. The Labute approximate surface area is 220 Å². The van der Waals surface area contributed by atoms with Crippen LogP contribution in [0.15, 0.2) is 60.7 Å². The van der Waals surface area contributed by atoms with E-state index in [4.69, 9.17) is 22.1 Å². The molecule has 2 aromatic carbocycles. The zero-order valence-corrected chi connectivity index (χ0v) is 25.1. The first-order valence-electron chi connectivity index (χ1n) is 13.2. The van der Waals surface area contributed by atoms with Gasteiger partial charge in [-0.15, -0.1) is 0 Å². The molecule has 0 radical (unpaired) electrons. The van der Waals surface area contributed by atoms with Crippen LogP contribution >= 0.6 is 0 Å². The third kappa shape index (κ3) is 9.66. The monoisotopic (exact) mass is 534 g/mol. The zero-order valence-electron chi connectivity index (χ0n) is 23.1. The van der Waals surface area contributed by atoms with Crippen molar-refractivity contribution in [2.75, 3.05) is 34.0 Å². The van der Waals surface area contributed by atoms with E-state index in [1.54, 1.807) is 14.2 Å². The van der Waals surface area contributed by atoms with Crippen LogP contribution in [-0.2, 0) is 26.9 Å². The Balaban J connectivity index is 0.000000361. The Kier molecular flexibility index (Phi) is 16.7. The summed E-state index contributed by atoms with van der Waals surface area (Å²) in [6.45, 7) is 9.15. The summed E-state index contributed by atoms with van der Waals surface area (Å²) in [6, 6.07) is 20.3. The normalized spacial score (nSPS) is 11.6. The second kappa shape index (κ2) is 18.6. The molecule has 2 rings (SSSR count). The zero-order chi connectivity index (χ0) is 26.7. The Morgan fingerprint density at radius 1 is 0.639 bits per heavy atom. The van der Waals surface area contributed by atoms with E-state index in [2.05, 4.69) is 31.2 Å². The molecule has 0 aliphatic carbocycles. The maximum absolute atomic E-state index is 12.4. The van der Waals surface area contributed by atoms with E-state index in [0.29, 0.717) is 26.2 Å². The van der Waals surface area contributed by atoms with E-state index < -0.39 is 17.4 Å². The number of carbonyl (C=O) groups is 1. The minimum absolute atomic E-state index is 0.0366. The Morgan fingerprint density at radius 2 is 1.06 bits per heavy atom. The second-order valence-corrected chi connectivity index (χ2v) is 13.9. The van der Waals surface area contributed by atoms with Gasteiger partial charge in [-0.2, -0.15) is 0 Å². The van der Waals surface area contributed by atoms with E-state index in [9.17, 15) is 4.79 Å². The number of rotatable bonds is 17. The highest BCUT2D eigenvalue weighted by atomic mass is 28.4. The van der Waals surface area contributed by atoms with Crippen LogP contribution in [0, 0.1) is 0 Å². The van der Waals surface area contributed by atoms with Crippen molar-refractivity contribution in [3.05, 3.63) is 60.7 Å². The number of benzene rings is 2. The maximum Gasteiger partial charge on any atom is 0.574 e. The number of carbonyl (C=O) groups excluding carboxylic acids is 1. The largest absolute Gasteiger partial charge is 0.574 e. The van der Waals surface area contributed by atoms with Gasteiger partial charge in [0.1, 0.15) is 0 Å². The van der Waals surface area contributed by atoms with Crippen LogP contribution in [0.4, 0.5) is 0 Å². The quantitative estimate of drug-likeness (QED) is 0.209. The van der Waals surface area contributed by atoms with Crippen molar-refractivity contribution in [2.24, 2.45) is 0 Å². The molecule has 0 heterocycles. The summed E-state index contributed by atoms with van der Waals surface area (Å²) in [5.74, 6) is 0. The van der Waals surface area contributed by atoms with Crippen LogP contribution in [0.3, 0.4) is 0 Å². The molecule has 0 saturated heterocycles. The highest BCUT2D eigenvalue weighted by Crippen LogP contribution is 2.16. The van der Waals surface area contributed by atoms with Gasteiger partial charge in [-0.1, -0.05) is 93.3 Å². The fourth-order valence-corrected chi connectivity index (χ4v) is 9.08. The Hall–Kier alpha value is -1.66. The first kappa shape index (κ1) is 32.4. The average molecular weight is 535 g/mol. The summed E-state index contributed by atoms with van der Waals surface area (Å²) >= 11 is 0. The van der Waals surface area contributed by atoms with Gasteiger partial charge in [-0.05, 0) is 37.6 Å². The summed E-state index contributed by atoms with van der Waals surface area (Å²) in [5.41, 5.74) is 0. The van der Waals surface area contributed by atoms with Gasteiger partial charge in [0.15, 0.2) is 0 Å². The molecule has 0 aliphatic rings. The molecule has 0 aliphatic heterocycles. The molecule has 2 aromatic rings. The summed E-state index contributed by atoms with van der Waals surface area (Å²) in [7, 11) is -2.17. The predicted molar refractivity (Wildman–Crippen MR) is 151 cm³/mol. The van der Waals surface area contributed by atoms with Crippen LogP contribution in [0.25, 0.3) is 0 Å². The van der Waals surface area contributed by atoms with Gasteiger partial charge in [-0.3, -0.25) is 4.79 Å². The lowest BCUT2D eigenvalue weighted by molar-refractivity contribution is -0.119. The Morgan fingerprint density at radius 3 is 1.42 bits per heavy atom. The van der Waals surface area contributed by atoms with Crippen molar-refractivity contribution >= 4 is 33.1 Å². The molecule has 36 heavy (non-hydrogen) atoms. The lowest BCUT2D eigenvalue weighted by Crippen LogP contribution is -2.62. The molecular weight excluding hydrogens is 488 g/mol. The SMILES string of the molecule is CCCCCCCC(=O)[Si](OCC)(OCC)OCC.CO[Si](OC)(c1ccccc1)c1ccccc1. The molecule has 0 unspecified atom stereocenters. The molecule has 0 atom stereocenters. The maximum atomic E-state index is 12.4. The third-order valence-electron chi connectivity index (χ3n) is 5.73. The summed E-state index contributed by atoms with van der Waals surface area (Å²) in [5, 5.41) is 2.28. The summed E-state index contributed by atoms with van der Waals surface area (Å²) in [4.78, 5) is 12.4. The molecule has 0 fully saturated rings. The summed E-state index contributed by atoms with van der Waals surface area (Å²) in [6.07, 6.45) is 6.14. The molecule has 0 N–H and O–H groups in total. The van der Waals surface area contributed by atoms with Gasteiger partial charge in [0, 0.05) is 40.5 Å². The third-order valence-corrected chi connectivity index (χ3v) is 12.0. The van der Waals surface area contributed by atoms with E-state index in [-0.39, 0.29) is 5.41 Å². The predicted octanol–water partition coefficient (Wildman–Crippen LogP) is 5.04. The van der Waals surface area contributed by atoms with Gasteiger partial charge in [0.05, 0.1) is 0 Å². The van der Waals surface area contributed by atoms with Crippen molar-refractivity contribution in [3.8, 4) is 0 Å². The van der Waals surface area contributed by atoms with Crippen LogP contribution in [0.5, 0.6) is 0 Å². The van der Waals surface area contributed by atoms with Crippen LogP contribution < -0.4 is 10.4 Å². The van der Waals surface area contributed by atoms with Crippen molar-refractivity contribution < 1.29 is 26.9 Å². The molecule has 0 bridgehead atoms. The fraction of sp³-hybridized carbons (Fsp3) is 0.536. The summed E-state index contributed by atoms with van der Waals surface area (Å²) < 4.78 is 28.3. The van der Waals surface area contributed by atoms with E-state index in [1.165, 1.54) is 19.3 Å². The highest BCUT2D eigenvalue weighted by molar-refractivity contribution is 6.92. The standard InChI is InChI=1S/C14H30O4Si.C14H16O2Si/c1-5-9-10-11-12-13-14(15)19(16-6-2,17-7-3)18-8-4;1-15-17(16-2,13-9-5-3-6-10-13)14-11-7-4-8-12-14/h5-13H2,1-4H3;3-12H,1-2H3. The first-order valence-corrected chi connectivity index (χ1v) is 16.7. The minimum atomic E-state index is -3.11. The molecule has 0 amide bonds. The smallest absolute Gasteiger partial charge is 0.391 e. The van der Waals surface area contributed by atoms with Crippen LogP contribution in [0.1, 0.15) is 66.2 Å². The lowest BCUT2D eigenvalue weighted by atomic mass is 10.1. The van der Waals surface area contributed by atoms with Gasteiger partial charge in [0.2, 0.25) is 5.41 Å². The molecule has 202 valence electrons. The van der Waals surface area contributed by atoms with Crippen molar-refractivity contribution in [1.29, 1.82) is 0 Å². The molecule has 0 spiro atoms. The number of hydrogen-bond acceptors (Lipinski definition) is 6. The van der Waals surface area contributed by atoms with Crippen molar-refractivity contribution in [2.45, 2.75) is 66.2 Å².